The summed E-state index contributed by atoms with van der Waals surface area (Å²) in [5.74, 6) is 0.745. The Morgan fingerprint density at radius 1 is 1.37 bits per heavy atom. The van der Waals surface area contributed by atoms with E-state index < -0.39 is 0 Å². The second-order valence-corrected chi connectivity index (χ2v) is 5.77. The van der Waals surface area contributed by atoms with E-state index in [1.165, 1.54) is 30.6 Å². The lowest BCUT2D eigenvalue weighted by Gasteiger charge is -2.29. The molecule has 2 rings (SSSR count). The highest BCUT2D eigenvalue weighted by Crippen LogP contribution is 2.21. The van der Waals surface area contributed by atoms with Crippen molar-refractivity contribution in [2.75, 3.05) is 24.5 Å². The third-order valence-corrected chi connectivity index (χ3v) is 4.44. The Hall–Kier alpha value is -1.02. The summed E-state index contributed by atoms with van der Waals surface area (Å²) in [7, 11) is 0. The molecule has 1 aromatic carbocycles. The van der Waals surface area contributed by atoms with E-state index in [1.807, 2.05) is 0 Å². The molecule has 0 aliphatic carbocycles. The molecule has 0 radical (unpaired) electrons. The van der Waals surface area contributed by atoms with Crippen molar-refractivity contribution in [1.82, 2.24) is 5.32 Å². The van der Waals surface area contributed by atoms with Crippen molar-refractivity contribution in [2.24, 2.45) is 5.92 Å². The van der Waals surface area contributed by atoms with Crippen molar-refractivity contribution in [3.63, 3.8) is 0 Å². The van der Waals surface area contributed by atoms with Crippen LogP contribution in [0.3, 0.4) is 0 Å². The van der Waals surface area contributed by atoms with Gasteiger partial charge in [-0.2, -0.15) is 0 Å². The highest BCUT2D eigenvalue weighted by molar-refractivity contribution is 5.49. The average molecular weight is 260 g/mol. The predicted octanol–water partition coefficient (Wildman–Crippen LogP) is 3.46. The molecule has 0 spiro atoms. The lowest BCUT2D eigenvalue weighted by molar-refractivity contribution is 0.384. The van der Waals surface area contributed by atoms with Crippen LogP contribution in [0.2, 0.25) is 0 Å². The topological polar surface area (TPSA) is 15.3 Å². The molecule has 1 heterocycles. The zero-order chi connectivity index (χ0) is 13.7. The van der Waals surface area contributed by atoms with Crippen LogP contribution in [0.4, 0.5) is 5.69 Å². The Morgan fingerprint density at radius 3 is 2.95 bits per heavy atom. The van der Waals surface area contributed by atoms with Crippen LogP contribution in [0.25, 0.3) is 0 Å². The maximum absolute atomic E-state index is 3.72. The predicted molar refractivity (Wildman–Crippen MR) is 83.9 cm³/mol. The van der Waals surface area contributed by atoms with Crippen molar-refractivity contribution in [3.8, 4) is 0 Å². The molecule has 2 nitrogen and oxygen atoms in total. The number of anilines is 1. The van der Waals surface area contributed by atoms with Gasteiger partial charge in [-0.25, -0.2) is 0 Å². The van der Waals surface area contributed by atoms with Gasteiger partial charge >= 0.3 is 0 Å². The van der Waals surface area contributed by atoms with Crippen LogP contribution in [0.15, 0.2) is 24.3 Å². The molecule has 19 heavy (non-hydrogen) atoms. The third kappa shape index (κ3) is 3.73. The Bertz CT molecular complexity index is 389. The minimum Gasteiger partial charge on any atom is -0.370 e. The fourth-order valence-corrected chi connectivity index (χ4v) is 2.82. The largest absolute Gasteiger partial charge is 0.370 e. The minimum absolute atomic E-state index is 0.623. The molecule has 2 heteroatoms. The van der Waals surface area contributed by atoms with Crippen LogP contribution in [0, 0.1) is 5.92 Å². The quantitative estimate of drug-likeness (QED) is 0.892. The molecule has 1 aromatic rings. The molecule has 1 N–H and O–H groups in total. The maximum Gasteiger partial charge on any atom is 0.0369 e. The maximum atomic E-state index is 3.72. The normalized spacial score (nSPS) is 22.1. The minimum atomic E-state index is 0.623. The molecule has 1 fully saturated rings. The molecule has 0 amide bonds. The van der Waals surface area contributed by atoms with E-state index in [9.17, 15) is 0 Å². The molecular weight excluding hydrogens is 232 g/mol. The van der Waals surface area contributed by atoms with Crippen LogP contribution in [-0.4, -0.2) is 25.7 Å². The number of nitrogens with one attached hydrogen (secondary N) is 1. The number of hydrogen-bond donors (Lipinski definition) is 1. The lowest BCUT2D eigenvalue weighted by Crippen LogP contribution is -2.42. The first-order chi connectivity index (χ1) is 9.24. The van der Waals surface area contributed by atoms with Crippen molar-refractivity contribution in [3.05, 3.63) is 29.8 Å². The van der Waals surface area contributed by atoms with E-state index in [-0.39, 0.29) is 0 Å². The molecule has 2 unspecified atom stereocenters. The van der Waals surface area contributed by atoms with Gasteiger partial charge in [0.25, 0.3) is 0 Å². The highest BCUT2D eigenvalue weighted by Gasteiger charge is 2.21. The molecular formula is C17H28N2. The summed E-state index contributed by atoms with van der Waals surface area (Å²) in [6.07, 6.45) is 3.61. The van der Waals surface area contributed by atoms with E-state index in [0.717, 1.165) is 25.4 Å². The Kier molecular flexibility index (Phi) is 5.26. The summed E-state index contributed by atoms with van der Waals surface area (Å²) >= 11 is 0. The van der Waals surface area contributed by atoms with Crippen LogP contribution < -0.4 is 10.2 Å². The van der Waals surface area contributed by atoms with Gasteiger partial charge in [0.15, 0.2) is 0 Å². The SMILES string of the molecule is CCc1cccc(N2CCCNC(C(C)CC)C2)c1. The van der Waals surface area contributed by atoms with E-state index >= 15 is 0 Å². The zero-order valence-corrected chi connectivity index (χ0v) is 12.7. The van der Waals surface area contributed by atoms with Gasteiger partial charge in [0.05, 0.1) is 0 Å². The van der Waals surface area contributed by atoms with Crippen LogP contribution in [0.5, 0.6) is 0 Å². The first-order valence-electron chi connectivity index (χ1n) is 7.81. The zero-order valence-electron chi connectivity index (χ0n) is 12.7. The number of benzene rings is 1. The average Bonchev–Trinajstić information content (AvgIpc) is 2.72. The number of rotatable bonds is 4. The smallest absolute Gasteiger partial charge is 0.0369 e. The summed E-state index contributed by atoms with van der Waals surface area (Å²) in [5.41, 5.74) is 2.84. The van der Waals surface area contributed by atoms with Crippen LogP contribution in [-0.2, 0) is 6.42 Å². The fraction of sp³-hybridized carbons (Fsp3) is 0.647. The first kappa shape index (κ1) is 14.4. The van der Waals surface area contributed by atoms with Crippen molar-refractivity contribution >= 4 is 5.69 Å². The molecule has 106 valence electrons. The summed E-state index contributed by atoms with van der Waals surface area (Å²) in [5, 5.41) is 3.72. The van der Waals surface area contributed by atoms with E-state index in [2.05, 4.69) is 55.3 Å². The highest BCUT2D eigenvalue weighted by atomic mass is 15.2. The van der Waals surface area contributed by atoms with Crippen molar-refractivity contribution in [2.45, 2.75) is 46.1 Å². The van der Waals surface area contributed by atoms with Gasteiger partial charge in [0.2, 0.25) is 0 Å². The molecule has 0 saturated carbocycles. The van der Waals surface area contributed by atoms with E-state index in [4.69, 9.17) is 0 Å². The summed E-state index contributed by atoms with van der Waals surface area (Å²) < 4.78 is 0. The second-order valence-electron chi connectivity index (χ2n) is 5.77. The Labute approximate surface area is 118 Å². The van der Waals surface area contributed by atoms with E-state index in [1.54, 1.807) is 0 Å². The number of nitrogens with zero attached hydrogens (tertiary/aromatic N) is 1. The monoisotopic (exact) mass is 260 g/mol. The third-order valence-electron chi connectivity index (χ3n) is 4.44. The molecule has 0 bridgehead atoms. The molecule has 0 aromatic heterocycles. The van der Waals surface area contributed by atoms with Gasteiger partial charge in [-0.1, -0.05) is 39.3 Å². The molecule has 1 aliphatic heterocycles. The number of hydrogen-bond acceptors (Lipinski definition) is 2. The van der Waals surface area contributed by atoms with Gasteiger partial charge in [-0.15, -0.1) is 0 Å². The molecule has 2 atom stereocenters. The van der Waals surface area contributed by atoms with E-state index in [0.29, 0.717) is 6.04 Å². The lowest BCUT2D eigenvalue weighted by atomic mass is 9.98. The molecule has 1 saturated heterocycles. The van der Waals surface area contributed by atoms with Crippen LogP contribution >= 0.6 is 0 Å². The van der Waals surface area contributed by atoms with Gasteiger partial charge < -0.3 is 10.2 Å². The fourth-order valence-electron chi connectivity index (χ4n) is 2.82. The Balaban J connectivity index is 2.12. The summed E-state index contributed by atoms with van der Waals surface area (Å²) in [4.78, 5) is 2.57. The van der Waals surface area contributed by atoms with Crippen molar-refractivity contribution < 1.29 is 0 Å². The van der Waals surface area contributed by atoms with Gasteiger partial charge in [0.1, 0.15) is 0 Å². The Morgan fingerprint density at radius 2 is 2.21 bits per heavy atom. The van der Waals surface area contributed by atoms with Crippen LogP contribution in [0.1, 0.15) is 39.2 Å². The summed E-state index contributed by atoms with van der Waals surface area (Å²) in [6.45, 7) is 10.3. The van der Waals surface area contributed by atoms with Crippen molar-refractivity contribution in [1.29, 1.82) is 0 Å². The standard InChI is InChI=1S/C17H28N2/c1-4-14(3)17-13-19(11-7-10-18-17)16-9-6-8-15(5-2)12-16/h6,8-9,12,14,17-18H,4-5,7,10-11,13H2,1-3H3. The second kappa shape index (κ2) is 6.95. The molecule has 1 aliphatic rings. The number of aryl methyl sites for hydroxylation is 1. The summed E-state index contributed by atoms with van der Waals surface area (Å²) in [6, 6.07) is 9.67. The van der Waals surface area contributed by atoms with Gasteiger partial charge in [-0.3, -0.25) is 0 Å². The van der Waals surface area contributed by atoms with Gasteiger partial charge in [0, 0.05) is 24.8 Å². The van der Waals surface area contributed by atoms with Gasteiger partial charge in [-0.05, 0) is 43.0 Å². The first-order valence-corrected chi connectivity index (χ1v) is 7.81.